The summed E-state index contributed by atoms with van der Waals surface area (Å²) in [6, 6.07) is 17.2. The van der Waals surface area contributed by atoms with Crippen LogP contribution in [0.5, 0.6) is 0 Å². The second kappa shape index (κ2) is 8.73. The van der Waals surface area contributed by atoms with Gasteiger partial charge >= 0.3 is 0 Å². The minimum Gasteiger partial charge on any atom is -0.515 e. The molecule has 2 aromatic rings. The van der Waals surface area contributed by atoms with Crippen LogP contribution in [-0.2, 0) is 26.7 Å². The summed E-state index contributed by atoms with van der Waals surface area (Å²) in [7, 11) is -3.68. The topological polar surface area (TPSA) is 74.7 Å². The molecule has 6 heteroatoms. The molecule has 0 bridgehead atoms. The van der Waals surface area contributed by atoms with Crippen LogP contribution < -0.4 is 0 Å². The third kappa shape index (κ3) is 4.64. The molecule has 2 atom stereocenters. The zero-order valence-electron chi connectivity index (χ0n) is 19.6. The zero-order chi connectivity index (χ0) is 23.9. The number of fused-ring (bicyclic) bond motifs is 1. The summed E-state index contributed by atoms with van der Waals surface area (Å²) >= 11 is 0. The molecular weight excluding hydrogens is 434 g/mol. The summed E-state index contributed by atoms with van der Waals surface area (Å²) in [5, 5.41) is 9.71. The first-order valence-corrected chi connectivity index (χ1v) is 13.0. The lowest BCUT2D eigenvalue weighted by atomic mass is 9.59. The van der Waals surface area contributed by atoms with Gasteiger partial charge in [0.15, 0.2) is 5.78 Å². The summed E-state index contributed by atoms with van der Waals surface area (Å²) in [5.41, 5.74) is 2.12. The quantitative estimate of drug-likeness (QED) is 0.506. The Morgan fingerprint density at radius 1 is 1.09 bits per heavy atom. The third-order valence-corrected chi connectivity index (χ3v) is 9.19. The molecular formula is C27H33NO4S. The Morgan fingerprint density at radius 3 is 2.36 bits per heavy atom. The van der Waals surface area contributed by atoms with Gasteiger partial charge in [-0.2, -0.15) is 4.31 Å². The number of Topliss-reactive ketones (excluding diaryl/α,β-unsaturated/α-hetero) is 1. The van der Waals surface area contributed by atoms with E-state index in [-0.39, 0.29) is 17.1 Å². The van der Waals surface area contributed by atoms with E-state index in [1.807, 2.05) is 42.5 Å². The highest BCUT2D eigenvalue weighted by molar-refractivity contribution is 7.89. The number of ketones is 1. The highest BCUT2D eigenvalue weighted by Gasteiger charge is 2.50. The highest BCUT2D eigenvalue weighted by Crippen LogP contribution is 2.50. The number of carbonyl (C=O) groups excluding carboxylic acids is 1. The maximum atomic E-state index is 13.6. The molecule has 0 radical (unpaired) electrons. The molecule has 0 spiro atoms. The fraction of sp³-hybridized carbons (Fsp3) is 0.444. The maximum Gasteiger partial charge on any atom is 0.243 e. The average Bonchev–Trinajstić information content (AvgIpc) is 2.78. The fourth-order valence-electron chi connectivity index (χ4n) is 5.38. The molecule has 1 heterocycles. The molecule has 2 aliphatic rings. The molecule has 2 fully saturated rings. The van der Waals surface area contributed by atoms with E-state index in [0.717, 1.165) is 17.4 Å². The van der Waals surface area contributed by atoms with Crippen molar-refractivity contribution in [3.8, 4) is 0 Å². The Bertz CT molecular complexity index is 1150. The molecule has 1 saturated carbocycles. The summed E-state index contributed by atoms with van der Waals surface area (Å²) in [5.74, 6) is 0.0592. The number of rotatable bonds is 4. The molecule has 4 rings (SSSR count). The molecule has 33 heavy (non-hydrogen) atoms. The van der Waals surface area contributed by atoms with Crippen LogP contribution >= 0.6 is 0 Å². The minimum atomic E-state index is -3.68. The molecule has 1 N–H and O–H groups in total. The van der Waals surface area contributed by atoms with Crippen molar-refractivity contribution in [3.63, 3.8) is 0 Å². The van der Waals surface area contributed by atoms with Crippen LogP contribution in [0.3, 0.4) is 0 Å². The van der Waals surface area contributed by atoms with Crippen molar-refractivity contribution in [2.24, 2.45) is 11.3 Å². The lowest BCUT2D eigenvalue weighted by Crippen LogP contribution is -2.54. The highest BCUT2D eigenvalue weighted by atomic mass is 32.2. The van der Waals surface area contributed by atoms with E-state index >= 15 is 0 Å². The van der Waals surface area contributed by atoms with Gasteiger partial charge in [0.2, 0.25) is 10.0 Å². The Morgan fingerprint density at radius 2 is 1.76 bits per heavy atom. The van der Waals surface area contributed by atoms with Crippen molar-refractivity contribution in [1.29, 1.82) is 0 Å². The SMILES string of the molecule is CC(C)(C)c1ccc(S(=O)(=O)N2CC[C@H]3CC(=O)/C(=C\O)C[C@]3(Cc3ccccc3)C2)cc1. The lowest BCUT2D eigenvalue weighted by Gasteiger charge is -2.50. The first kappa shape index (κ1) is 23.7. The van der Waals surface area contributed by atoms with E-state index in [1.165, 1.54) is 0 Å². The van der Waals surface area contributed by atoms with Crippen LogP contribution in [0.4, 0.5) is 0 Å². The van der Waals surface area contributed by atoms with Crippen molar-refractivity contribution >= 4 is 15.8 Å². The largest absolute Gasteiger partial charge is 0.515 e. The fourth-order valence-corrected chi connectivity index (χ4v) is 6.93. The number of aliphatic hydroxyl groups excluding tert-OH is 1. The predicted molar refractivity (Wildman–Crippen MR) is 130 cm³/mol. The first-order valence-electron chi connectivity index (χ1n) is 11.6. The number of nitrogens with zero attached hydrogens (tertiary/aromatic N) is 1. The normalized spacial score (nSPS) is 25.7. The molecule has 5 nitrogen and oxygen atoms in total. The van der Waals surface area contributed by atoms with E-state index in [9.17, 15) is 18.3 Å². The van der Waals surface area contributed by atoms with Gasteiger partial charge in [-0.25, -0.2) is 8.42 Å². The summed E-state index contributed by atoms with van der Waals surface area (Å²) in [4.78, 5) is 12.8. The van der Waals surface area contributed by atoms with Crippen molar-refractivity contribution < 1.29 is 18.3 Å². The van der Waals surface area contributed by atoms with Gasteiger partial charge in [-0.15, -0.1) is 0 Å². The summed E-state index contributed by atoms with van der Waals surface area (Å²) < 4.78 is 28.8. The Labute approximate surface area is 197 Å². The van der Waals surface area contributed by atoms with E-state index in [2.05, 4.69) is 20.8 Å². The number of hydrogen-bond acceptors (Lipinski definition) is 4. The van der Waals surface area contributed by atoms with Gasteiger partial charge in [-0.1, -0.05) is 63.2 Å². The molecule has 1 aliphatic heterocycles. The first-order chi connectivity index (χ1) is 15.5. The Kier molecular flexibility index (Phi) is 6.27. The van der Waals surface area contributed by atoms with Crippen molar-refractivity contribution in [2.75, 3.05) is 13.1 Å². The monoisotopic (exact) mass is 467 g/mol. The average molecular weight is 468 g/mol. The lowest BCUT2D eigenvalue weighted by molar-refractivity contribution is -0.121. The van der Waals surface area contributed by atoms with E-state index in [0.29, 0.717) is 49.2 Å². The van der Waals surface area contributed by atoms with E-state index in [1.54, 1.807) is 16.4 Å². The predicted octanol–water partition coefficient (Wildman–Crippen LogP) is 5.03. The smallest absolute Gasteiger partial charge is 0.243 e. The molecule has 1 saturated heterocycles. The number of aliphatic hydroxyl groups is 1. The number of hydrogen-bond donors (Lipinski definition) is 1. The van der Waals surface area contributed by atoms with Crippen molar-refractivity contribution in [3.05, 3.63) is 77.6 Å². The Hall–Kier alpha value is -2.44. The van der Waals surface area contributed by atoms with Crippen molar-refractivity contribution in [2.45, 2.75) is 56.8 Å². The maximum absolute atomic E-state index is 13.6. The molecule has 0 amide bonds. The van der Waals surface area contributed by atoms with Gasteiger partial charge in [0.05, 0.1) is 11.2 Å². The minimum absolute atomic E-state index is 0.0275. The number of allylic oxidation sites excluding steroid dienone is 1. The molecule has 1 aliphatic carbocycles. The second-order valence-electron chi connectivity index (χ2n) is 10.6. The van der Waals surface area contributed by atoms with Gasteiger partial charge in [-0.3, -0.25) is 4.79 Å². The third-order valence-electron chi connectivity index (χ3n) is 7.33. The summed E-state index contributed by atoms with van der Waals surface area (Å²) in [6.45, 7) is 7.04. The molecule has 176 valence electrons. The van der Waals surface area contributed by atoms with E-state index < -0.39 is 15.4 Å². The van der Waals surface area contributed by atoms with Gasteiger partial charge in [0.1, 0.15) is 0 Å². The molecule has 0 aromatic heterocycles. The molecule has 2 aromatic carbocycles. The molecule has 0 unspecified atom stereocenters. The zero-order valence-corrected chi connectivity index (χ0v) is 20.4. The Balaban J connectivity index is 1.68. The van der Waals surface area contributed by atoms with E-state index in [4.69, 9.17) is 0 Å². The number of piperidine rings is 1. The van der Waals surface area contributed by atoms with Crippen LogP contribution in [0.2, 0.25) is 0 Å². The number of benzene rings is 2. The number of carbonyl (C=O) groups is 1. The standard InChI is InChI=1S/C27H33NO4S/c1-26(2,3)22-9-11-24(12-10-22)33(31,32)28-14-13-23-15-25(30)21(18-29)17-27(23,19-28)16-20-7-5-4-6-8-20/h4-12,18,23,29H,13-17,19H2,1-3H3/b21-18-/t23-,27+/m0/s1. The van der Waals surface area contributed by atoms with Gasteiger partial charge in [-0.05, 0) is 59.3 Å². The van der Waals surface area contributed by atoms with Gasteiger partial charge < -0.3 is 5.11 Å². The van der Waals surface area contributed by atoms with Gasteiger partial charge in [0, 0.05) is 25.1 Å². The van der Waals surface area contributed by atoms with Crippen LogP contribution in [0.1, 0.15) is 51.2 Å². The van der Waals surface area contributed by atoms with Crippen molar-refractivity contribution in [1.82, 2.24) is 4.31 Å². The van der Waals surface area contributed by atoms with Crippen LogP contribution in [0, 0.1) is 11.3 Å². The van der Waals surface area contributed by atoms with Crippen LogP contribution in [-0.4, -0.2) is 36.7 Å². The number of sulfonamides is 1. The van der Waals surface area contributed by atoms with Gasteiger partial charge in [0.25, 0.3) is 0 Å². The summed E-state index contributed by atoms with van der Waals surface area (Å²) in [6.07, 6.45) is 2.96. The van der Waals surface area contributed by atoms with Crippen LogP contribution in [0.15, 0.2) is 71.3 Å². The van der Waals surface area contributed by atoms with Crippen LogP contribution in [0.25, 0.3) is 0 Å². The second-order valence-corrected chi connectivity index (χ2v) is 12.5.